The Morgan fingerprint density at radius 2 is 1.09 bits per heavy atom. The first-order valence-electron chi connectivity index (χ1n) is 12.3. The zero-order chi connectivity index (χ0) is 22.0. The fourth-order valence-electron chi connectivity index (χ4n) is 6.93. The fourth-order valence-corrected chi connectivity index (χ4v) is 6.93. The number of benzene rings is 5. The van der Waals surface area contributed by atoms with Crippen molar-refractivity contribution in [3.63, 3.8) is 0 Å². The average molecular weight is 432 g/mol. The van der Waals surface area contributed by atoms with Gasteiger partial charge in [-0.3, -0.25) is 0 Å². The van der Waals surface area contributed by atoms with Crippen LogP contribution in [-0.4, -0.2) is 4.57 Å². The molecular formula is C33H21N. The van der Waals surface area contributed by atoms with Crippen LogP contribution in [0.1, 0.15) is 33.4 Å². The van der Waals surface area contributed by atoms with E-state index in [-0.39, 0.29) is 0 Å². The molecule has 0 radical (unpaired) electrons. The van der Waals surface area contributed by atoms with Gasteiger partial charge in [0, 0.05) is 17.2 Å². The van der Waals surface area contributed by atoms with Gasteiger partial charge in [0.25, 0.3) is 0 Å². The summed E-state index contributed by atoms with van der Waals surface area (Å²) in [7, 11) is 0. The minimum absolute atomic E-state index is 1.00. The molecule has 0 unspecified atom stereocenters. The van der Waals surface area contributed by atoms with Crippen molar-refractivity contribution in [1.82, 2.24) is 4.57 Å². The summed E-state index contributed by atoms with van der Waals surface area (Å²) in [6.45, 7) is 0. The van der Waals surface area contributed by atoms with E-state index < -0.39 is 0 Å². The number of hydrogen-bond acceptors (Lipinski definition) is 0. The number of para-hydroxylation sites is 1. The number of aromatic nitrogens is 1. The van der Waals surface area contributed by atoms with Crippen LogP contribution in [0.15, 0.2) is 91.0 Å². The van der Waals surface area contributed by atoms with Gasteiger partial charge in [-0.25, -0.2) is 0 Å². The van der Waals surface area contributed by atoms with Crippen LogP contribution in [0.25, 0.3) is 49.7 Å². The maximum atomic E-state index is 2.57. The summed E-state index contributed by atoms with van der Waals surface area (Å²) in [6.07, 6.45) is 3.07. The van der Waals surface area contributed by atoms with Crippen LogP contribution in [0.5, 0.6) is 0 Å². The molecular weight excluding hydrogens is 410 g/mol. The molecule has 0 saturated heterocycles. The van der Waals surface area contributed by atoms with E-state index in [0.29, 0.717) is 0 Å². The van der Waals surface area contributed by atoms with E-state index in [1.807, 2.05) is 0 Å². The molecule has 1 nitrogen and oxygen atoms in total. The molecule has 9 rings (SSSR count). The lowest BCUT2D eigenvalue weighted by Crippen LogP contribution is -2.08. The molecule has 0 fully saturated rings. The second kappa shape index (κ2) is 5.87. The highest BCUT2D eigenvalue weighted by atomic mass is 15.0. The summed E-state index contributed by atoms with van der Waals surface area (Å²) in [5, 5.41) is 2.76. The summed E-state index contributed by atoms with van der Waals surface area (Å²) < 4.78 is 2.57. The van der Waals surface area contributed by atoms with Crippen molar-refractivity contribution in [3.8, 4) is 27.9 Å². The molecule has 0 saturated carbocycles. The van der Waals surface area contributed by atoms with E-state index in [0.717, 1.165) is 19.3 Å². The van der Waals surface area contributed by atoms with E-state index in [2.05, 4.69) is 95.6 Å². The van der Waals surface area contributed by atoms with Crippen molar-refractivity contribution in [3.05, 3.63) is 124 Å². The summed E-state index contributed by atoms with van der Waals surface area (Å²) >= 11 is 0. The molecule has 2 aliphatic carbocycles. The van der Waals surface area contributed by atoms with Crippen molar-refractivity contribution in [2.24, 2.45) is 0 Å². The second-order valence-electron chi connectivity index (χ2n) is 10.2. The Kier molecular flexibility index (Phi) is 3.00. The molecule has 1 aromatic heterocycles. The molecule has 0 spiro atoms. The lowest BCUT2D eigenvalue weighted by Gasteiger charge is -2.22. The van der Waals surface area contributed by atoms with Gasteiger partial charge in [-0.15, -0.1) is 0 Å². The molecule has 3 aliphatic rings. The molecule has 0 amide bonds. The molecule has 0 bridgehead atoms. The lowest BCUT2D eigenvalue weighted by molar-refractivity contribution is 1.04. The van der Waals surface area contributed by atoms with Gasteiger partial charge in [0.05, 0.1) is 16.7 Å². The first kappa shape index (κ1) is 17.4. The highest BCUT2D eigenvalue weighted by molar-refractivity contribution is 6.13. The minimum Gasteiger partial charge on any atom is -0.309 e. The number of nitrogens with zero attached hydrogens (tertiary/aromatic N) is 1. The topological polar surface area (TPSA) is 4.93 Å². The van der Waals surface area contributed by atoms with Gasteiger partial charge in [0.2, 0.25) is 0 Å². The number of hydrogen-bond donors (Lipinski definition) is 0. The Morgan fingerprint density at radius 3 is 1.88 bits per heavy atom. The first-order valence-corrected chi connectivity index (χ1v) is 12.3. The quantitative estimate of drug-likeness (QED) is 0.231. The van der Waals surface area contributed by atoms with E-state index in [9.17, 15) is 0 Å². The number of rotatable bonds is 0. The molecule has 6 aromatic rings. The molecule has 34 heavy (non-hydrogen) atoms. The van der Waals surface area contributed by atoms with Crippen molar-refractivity contribution >= 4 is 21.8 Å². The van der Waals surface area contributed by atoms with Gasteiger partial charge in [-0.2, -0.15) is 0 Å². The SMILES string of the molecule is c1ccc2c(c1)Cc1cc3c(cc1-2)Cc1cccc2c4cc5c(cc4n-3c12)Cc1ccccc1-5. The Hall–Kier alpha value is -4.10. The summed E-state index contributed by atoms with van der Waals surface area (Å²) in [6, 6.07) is 34.6. The average Bonchev–Trinajstić information content (AvgIpc) is 3.52. The highest BCUT2D eigenvalue weighted by Gasteiger charge is 2.28. The zero-order valence-electron chi connectivity index (χ0n) is 18.7. The molecule has 0 atom stereocenters. The smallest absolute Gasteiger partial charge is 0.0576 e. The second-order valence-corrected chi connectivity index (χ2v) is 10.2. The summed E-state index contributed by atoms with van der Waals surface area (Å²) in [5.74, 6) is 0. The maximum absolute atomic E-state index is 2.57. The van der Waals surface area contributed by atoms with Gasteiger partial charge < -0.3 is 4.57 Å². The minimum atomic E-state index is 1.00. The third-order valence-corrected chi connectivity index (χ3v) is 8.40. The fraction of sp³-hybridized carbons (Fsp3) is 0.0909. The van der Waals surface area contributed by atoms with E-state index >= 15 is 0 Å². The van der Waals surface area contributed by atoms with Gasteiger partial charge in [-0.1, -0.05) is 66.7 Å². The van der Waals surface area contributed by atoms with Gasteiger partial charge in [0.1, 0.15) is 0 Å². The Balaban J connectivity index is 1.37. The van der Waals surface area contributed by atoms with Crippen LogP contribution < -0.4 is 0 Å². The maximum Gasteiger partial charge on any atom is 0.0576 e. The summed E-state index contributed by atoms with van der Waals surface area (Å²) in [4.78, 5) is 0. The monoisotopic (exact) mass is 431 g/mol. The van der Waals surface area contributed by atoms with E-state index in [1.54, 1.807) is 0 Å². The molecule has 1 aliphatic heterocycles. The van der Waals surface area contributed by atoms with Crippen molar-refractivity contribution in [1.29, 1.82) is 0 Å². The van der Waals surface area contributed by atoms with Crippen molar-refractivity contribution in [2.45, 2.75) is 19.3 Å². The standard InChI is InChI=1S/C33H21N/c1-3-9-25-19(6-1)12-22-16-31-24(15-28(22)25)14-21-8-5-11-27-30-18-29-23(17-32(30)34(31)33(21)27)13-20-7-2-4-10-26(20)29/h1-11,15-18H,12-14H2. The van der Waals surface area contributed by atoms with Gasteiger partial charge >= 0.3 is 0 Å². The molecule has 2 heterocycles. The van der Waals surface area contributed by atoms with Crippen LogP contribution in [-0.2, 0) is 19.3 Å². The van der Waals surface area contributed by atoms with Crippen LogP contribution in [0, 0.1) is 0 Å². The van der Waals surface area contributed by atoms with Crippen molar-refractivity contribution < 1.29 is 0 Å². The lowest BCUT2D eigenvalue weighted by atomic mass is 9.93. The van der Waals surface area contributed by atoms with Crippen LogP contribution in [0.3, 0.4) is 0 Å². The normalized spacial score (nSPS) is 14.1. The molecule has 158 valence electrons. The summed E-state index contributed by atoms with van der Waals surface area (Å²) in [5.41, 5.74) is 18.5. The Labute approximate surface area is 197 Å². The van der Waals surface area contributed by atoms with E-state index in [1.165, 1.54) is 83.1 Å². The molecule has 5 aromatic carbocycles. The predicted molar refractivity (Wildman–Crippen MR) is 140 cm³/mol. The zero-order valence-corrected chi connectivity index (χ0v) is 18.7. The largest absolute Gasteiger partial charge is 0.309 e. The molecule has 1 heteroatoms. The molecule has 0 N–H and O–H groups in total. The highest BCUT2D eigenvalue weighted by Crippen LogP contribution is 2.47. The van der Waals surface area contributed by atoms with E-state index in [4.69, 9.17) is 0 Å². The van der Waals surface area contributed by atoms with Crippen LogP contribution >= 0.6 is 0 Å². The van der Waals surface area contributed by atoms with Gasteiger partial charge in [0.15, 0.2) is 0 Å². The third-order valence-electron chi connectivity index (χ3n) is 8.40. The predicted octanol–water partition coefficient (Wildman–Crippen LogP) is 7.83. The number of fused-ring (bicyclic) bond motifs is 11. The van der Waals surface area contributed by atoms with Crippen LogP contribution in [0.4, 0.5) is 0 Å². The van der Waals surface area contributed by atoms with Crippen LogP contribution in [0.2, 0.25) is 0 Å². The van der Waals surface area contributed by atoms with Gasteiger partial charge in [-0.05, 0) is 92.7 Å². The third kappa shape index (κ3) is 2.02. The first-order chi connectivity index (χ1) is 16.8. The Morgan fingerprint density at radius 1 is 0.441 bits per heavy atom. The van der Waals surface area contributed by atoms with Crippen molar-refractivity contribution in [2.75, 3.05) is 0 Å². The Bertz CT molecular complexity index is 1880.